The van der Waals surface area contributed by atoms with Gasteiger partial charge in [-0.2, -0.15) is 0 Å². The molecule has 3 heteroatoms. The Balaban J connectivity index is 1.87. The van der Waals surface area contributed by atoms with Gasteiger partial charge in [0.25, 0.3) is 0 Å². The van der Waals surface area contributed by atoms with Crippen LogP contribution in [0.25, 0.3) is 44.1 Å². The number of aromatic nitrogens is 1. The van der Waals surface area contributed by atoms with Gasteiger partial charge in [0, 0.05) is 15.4 Å². The van der Waals surface area contributed by atoms with Gasteiger partial charge in [-0.05, 0) is 58.3 Å². The normalized spacial score (nSPS) is 11.2. The van der Waals surface area contributed by atoms with Crippen molar-refractivity contribution in [3.63, 3.8) is 0 Å². The van der Waals surface area contributed by atoms with Crippen molar-refractivity contribution >= 4 is 37.6 Å². The molecule has 0 aliphatic heterocycles. The van der Waals surface area contributed by atoms with E-state index < -0.39 is 0 Å². The third kappa shape index (κ3) is 2.98. The van der Waals surface area contributed by atoms with Gasteiger partial charge in [0.15, 0.2) is 0 Å². The highest BCUT2D eigenvalue weighted by Gasteiger charge is 2.12. The number of fused-ring (bicyclic) bond motifs is 3. The fourth-order valence-corrected chi connectivity index (χ4v) is 3.90. The SMILES string of the molecule is Fc1ccc(-c2cc(-c3ccc(Br)cc3)nc3ccc4ccccc4c23)cc1. The largest absolute Gasteiger partial charge is 0.248 e. The van der Waals surface area contributed by atoms with Crippen molar-refractivity contribution in [2.24, 2.45) is 0 Å². The lowest BCUT2D eigenvalue weighted by Gasteiger charge is -2.13. The molecule has 0 aliphatic rings. The standard InChI is InChI=1S/C25H15BrFN/c26-19-10-5-18(6-11-19)24-15-22(17-7-12-20(27)13-8-17)25-21-4-2-1-3-16(21)9-14-23(25)28-24/h1-15H. The number of hydrogen-bond donors (Lipinski definition) is 0. The van der Waals surface area contributed by atoms with Crippen LogP contribution in [0.2, 0.25) is 0 Å². The fourth-order valence-electron chi connectivity index (χ4n) is 3.63. The van der Waals surface area contributed by atoms with Crippen LogP contribution in [0, 0.1) is 5.82 Å². The Morgan fingerprint density at radius 2 is 1.43 bits per heavy atom. The Hall–Kier alpha value is -3.04. The zero-order chi connectivity index (χ0) is 19.1. The molecule has 0 N–H and O–H groups in total. The molecular weight excluding hydrogens is 413 g/mol. The Morgan fingerprint density at radius 1 is 0.714 bits per heavy atom. The predicted molar refractivity (Wildman–Crippen MR) is 118 cm³/mol. The van der Waals surface area contributed by atoms with Crippen molar-refractivity contribution in [1.82, 2.24) is 4.98 Å². The summed E-state index contributed by atoms with van der Waals surface area (Å²) in [6, 6.07) is 29.4. The van der Waals surface area contributed by atoms with Gasteiger partial charge in [-0.25, -0.2) is 9.37 Å². The number of rotatable bonds is 2. The third-order valence-electron chi connectivity index (χ3n) is 4.99. The van der Waals surface area contributed by atoms with Crippen molar-refractivity contribution < 1.29 is 4.39 Å². The molecule has 0 unspecified atom stereocenters. The van der Waals surface area contributed by atoms with Crippen LogP contribution in [0.5, 0.6) is 0 Å². The van der Waals surface area contributed by atoms with Crippen molar-refractivity contribution in [3.8, 4) is 22.4 Å². The molecule has 5 rings (SSSR count). The Morgan fingerprint density at radius 3 is 2.21 bits per heavy atom. The first-order chi connectivity index (χ1) is 13.7. The summed E-state index contributed by atoms with van der Waals surface area (Å²) in [5.74, 6) is -0.236. The van der Waals surface area contributed by atoms with Gasteiger partial charge in [0.2, 0.25) is 0 Å². The zero-order valence-electron chi connectivity index (χ0n) is 14.9. The van der Waals surface area contributed by atoms with Crippen molar-refractivity contribution in [1.29, 1.82) is 0 Å². The highest BCUT2D eigenvalue weighted by atomic mass is 79.9. The molecule has 1 aromatic heterocycles. The third-order valence-corrected chi connectivity index (χ3v) is 5.52. The quantitative estimate of drug-likeness (QED) is 0.264. The van der Waals surface area contributed by atoms with Crippen LogP contribution in [-0.2, 0) is 0 Å². The summed E-state index contributed by atoms with van der Waals surface area (Å²) in [4.78, 5) is 4.94. The van der Waals surface area contributed by atoms with Gasteiger partial charge in [-0.1, -0.05) is 70.5 Å². The van der Waals surface area contributed by atoms with E-state index in [1.54, 1.807) is 0 Å². The lowest BCUT2D eigenvalue weighted by atomic mass is 9.94. The highest BCUT2D eigenvalue weighted by molar-refractivity contribution is 9.10. The number of nitrogens with zero attached hydrogens (tertiary/aromatic N) is 1. The second-order valence-electron chi connectivity index (χ2n) is 6.75. The molecule has 134 valence electrons. The van der Waals surface area contributed by atoms with Crippen LogP contribution in [0.4, 0.5) is 4.39 Å². The summed E-state index contributed by atoms with van der Waals surface area (Å²) in [6.45, 7) is 0. The maximum atomic E-state index is 13.5. The molecule has 5 aromatic rings. The second kappa shape index (κ2) is 6.84. The molecule has 4 aromatic carbocycles. The van der Waals surface area contributed by atoms with Crippen LogP contribution in [0.1, 0.15) is 0 Å². The van der Waals surface area contributed by atoms with E-state index >= 15 is 0 Å². The summed E-state index contributed by atoms with van der Waals surface area (Å²) in [6.07, 6.45) is 0. The van der Waals surface area contributed by atoms with Crippen LogP contribution in [0.3, 0.4) is 0 Å². The molecule has 0 spiro atoms. The highest BCUT2D eigenvalue weighted by Crippen LogP contribution is 2.36. The summed E-state index contributed by atoms with van der Waals surface area (Å²) >= 11 is 3.49. The molecule has 28 heavy (non-hydrogen) atoms. The Labute approximate surface area is 170 Å². The maximum absolute atomic E-state index is 13.5. The van der Waals surface area contributed by atoms with E-state index in [1.807, 2.05) is 48.5 Å². The van der Waals surface area contributed by atoms with Gasteiger partial charge in [-0.15, -0.1) is 0 Å². The monoisotopic (exact) mass is 427 g/mol. The molecule has 0 bridgehead atoms. The average molecular weight is 428 g/mol. The molecular formula is C25H15BrFN. The van der Waals surface area contributed by atoms with Gasteiger partial charge in [0.1, 0.15) is 5.82 Å². The van der Waals surface area contributed by atoms with Crippen LogP contribution < -0.4 is 0 Å². The van der Waals surface area contributed by atoms with Gasteiger partial charge >= 0.3 is 0 Å². The van der Waals surface area contributed by atoms with Gasteiger partial charge < -0.3 is 0 Å². The first kappa shape index (κ1) is 17.1. The summed E-state index contributed by atoms with van der Waals surface area (Å²) < 4.78 is 14.6. The summed E-state index contributed by atoms with van der Waals surface area (Å²) in [5.41, 5.74) is 4.90. The smallest absolute Gasteiger partial charge is 0.123 e. The van der Waals surface area contributed by atoms with Crippen LogP contribution >= 0.6 is 15.9 Å². The molecule has 0 atom stereocenters. The first-order valence-electron chi connectivity index (χ1n) is 9.03. The maximum Gasteiger partial charge on any atom is 0.123 e. The Kier molecular flexibility index (Phi) is 4.18. The lowest BCUT2D eigenvalue weighted by Crippen LogP contribution is -1.91. The predicted octanol–water partition coefficient (Wildman–Crippen LogP) is 7.62. The van der Waals surface area contributed by atoms with E-state index in [1.165, 1.54) is 12.1 Å². The minimum absolute atomic E-state index is 0.236. The topological polar surface area (TPSA) is 12.9 Å². The van der Waals surface area contributed by atoms with E-state index in [4.69, 9.17) is 4.98 Å². The molecule has 1 heterocycles. The molecule has 1 nitrogen and oxygen atoms in total. The molecule has 0 amide bonds. The van der Waals surface area contributed by atoms with Gasteiger partial charge in [0.05, 0.1) is 11.2 Å². The Bertz CT molecular complexity index is 1310. The molecule has 0 saturated carbocycles. The molecule has 0 radical (unpaired) electrons. The minimum Gasteiger partial charge on any atom is -0.248 e. The van der Waals surface area contributed by atoms with Crippen molar-refractivity contribution in [3.05, 3.63) is 101 Å². The summed E-state index contributed by atoms with van der Waals surface area (Å²) in [5, 5.41) is 3.40. The second-order valence-corrected chi connectivity index (χ2v) is 7.67. The van der Waals surface area contributed by atoms with Crippen molar-refractivity contribution in [2.45, 2.75) is 0 Å². The van der Waals surface area contributed by atoms with Gasteiger partial charge in [-0.3, -0.25) is 0 Å². The summed E-state index contributed by atoms with van der Waals surface area (Å²) in [7, 11) is 0. The van der Waals surface area contributed by atoms with E-state index in [0.29, 0.717) is 0 Å². The van der Waals surface area contributed by atoms with E-state index in [0.717, 1.165) is 48.5 Å². The van der Waals surface area contributed by atoms with Crippen LogP contribution in [0.15, 0.2) is 95.5 Å². The first-order valence-corrected chi connectivity index (χ1v) is 9.83. The van der Waals surface area contributed by atoms with E-state index in [9.17, 15) is 4.39 Å². The molecule has 0 saturated heterocycles. The van der Waals surface area contributed by atoms with E-state index in [-0.39, 0.29) is 5.82 Å². The molecule has 0 fully saturated rings. The minimum atomic E-state index is -0.236. The zero-order valence-corrected chi connectivity index (χ0v) is 16.4. The van der Waals surface area contributed by atoms with Crippen molar-refractivity contribution in [2.75, 3.05) is 0 Å². The average Bonchev–Trinajstić information content (AvgIpc) is 2.74. The number of hydrogen-bond acceptors (Lipinski definition) is 1. The number of pyridine rings is 1. The lowest BCUT2D eigenvalue weighted by molar-refractivity contribution is 0.628. The molecule has 0 aliphatic carbocycles. The number of benzene rings is 4. The van der Waals surface area contributed by atoms with E-state index in [2.05, 4.69) is 46.3 Å². The number of halogens is 2. The fraction of sp³-hybridized carbons (Fsp3) is 0. The van der Waals surface area contributed by atoms with Crippen LogP contribution in [-0.4, -0.2) is 4.98 Å².